The number of nitrogens with one attached hydrogen (secondary N) is 1. The number of carbonyl (C=O) groups is 1. The highest BCUT2D eigenvalue weighted by Gasteiger charge is 2.08. The topological polar surface area (TPSA) is 64.1 Å². The zero-order valence-corrected chi connectivity index (χ0v) is 14.0. The molecule has 0 bridgehead atoms. The van der Waals surface area contributed by atoms with E-state index in [1.165, 1.54) is 11.3 Å². The standard InChI is InChI=1S/C18H17N3O2S/c1-13-5-2-3-7-16(13)23-11-17(22)20-10-15-12-24-18(21-15)14-6-4-8-19-9-14/h2-9,12H,10-11H2,1H3,(H,20,22). The fourth-order valence-corrected chi connectivity index (χ4v) is 2.92. The van der Waals surface area contributed by atoms with Crippen molar-refractivity contribution in [2.45, 2.75) is 13.5 Å². The molecule has 2 heterocycles. The molecule has 1 N–H and O–H groups in total. The highest BCUT2D eigenvalue weighted by molar-refractivity contribution is 7.13. The third kappa shape index (κ3) is 4.17. The molecule has 24 heavy (non-hydrogen) atoms. The molecule has 0 atom stereocenters. The number of benzene rings is 1. The normalized spacial score (nSPS) is 10.4. The average Bonchev–Trinajstić information content (AvgIpc) is 3.09. The first kappa shape index (κ1) is 16.1. The fourth-order valence-electron chi connectivity index (χ4n) is 2.11. The van der Waals surface area contributed by atoms with Crippen LogP contribution in [0.5, 0.6) is 5.75 Å². The molecule has 1 amide bonds. The maximum absolute atomic E-state index is 11.9. The van der Waals surface area contributed by atoms with Gasteiger partial charge in [-0.2, -0.15) is 0 Å². The number of thiazole rings is 1. The van der Waals surface area contributed by atoms with Gasteiger partial charge in [-0.15, -0.1) is 11.3 Å². The second-order valence-corrected chi connectivity index (χ2v) is 6.07. The minimum absolute atomic E-state index is 0.00947. The van der Waals surface area contributed by atoms with Crippen LogP contribution < -0.4 is 10.1 Å². The smallest absolute Gasteiger partial charge is 0.258 e. The molecule has 5 nitrogen and oxygen atoms in total. The number of nitrogens with zero attached hydrogens (tertiary/aromatic N) is 2. The Hall–Kier alpha value is -2.73. The van der Waals surface area contributed by atoms with Gasteiger partial charge in [0.2, 0.25) is 0 Å². The van der Waals surface area contributed by atoms with Gasteiger partial charge in [-0.05, 0) is 30.7 Å². The summed E-state index contributed by atoms with van der Waals surface area (Å²) in [6.07, 6.45) is 3.50. The SMILES string of the molecule is Cc1ccccc1OCC(=O)NCc1csc(-c2cccnc2)n1. The summed E-state index contributed by atoms with van der Waals surface area (Å²) >= 11 is 1.53. The third-order valence-electron chi connectivity index (χ3n) is 3.38. The van der Waals surface area contributed by atoms with Gasteiger partial charge in [0, 0.05) is 23.3 Å². The number of pyridine rings is 1. The number of hydrogen-bond acceptors (Lipinski definition) is 5. The molecule has 0 spiro atoms. The van der Waals surface area contributed by atoms with E-state index in [2.05, 4.69) is 15.3 Å². The van der Waals surface area contributed by atoms with Gasteiger partial charge < -0.3 is 10.1 Å². The molecule has 0 aliphatic heterocycles. The summed E-state index contributed by atoms with van der Waals surface area (Å²) in [7, 11) is 0. The number of para-hydroxylation sites is 1. The van der Waals surface area contributed by atoms with E-state index in [1.54, 1.807) is 12.4 Å². The number of ether oxygens (including phenoxy) is 1. The van der Waals surface area contributed by atoms with E-state index in [9.17, 15) is 4.79 Å². The molecule has 0 aliphatic carbocycles. The Bertz CT molecular complexity index is 818. The molecule has 0 saturated carbocycles. The highest BCUT2D eigenvalue weighted by Crippen LogP contribution is 2.22. The third-order valence-corrected chi connectivity index (χ3v) is 4.32. The number of hydrogen-bond donors (Lipinski definition) is 1. The lowest BCUT2D eigenvalue weighted by atomic mass is 10.2. The zero-order valence-electron chi connectivity index (χ0n) is 13.2. The maximum atomic E-state index is 11.9. The van der Waals surface area contributed by atoms with Crippen LogP contribution in [0.2, 0.25) is 0 Å². The van der Waals surface area contributed by atoms with Crippen LogP contribution in [0.1, 0.15) is 11.3 Å². The first-order valence-corrected chi connectivity index (χ1v) is 8.40. The van der Waals surface area contributed by atoms with Crippen molar-refractivity contribution >= 4 is 17.2 Å². The lowest BCUT2D eigenvalue weighted by Crippen LogP contribution is -2.28. The average molecular weight is 339 g/mol. The first-order valence-electron chi connectivity index (χ1n) is 7.52. The fraction of sp³-hybridized carbons (Fsp3) is 0.167. The molecule has 0 fully saturated rings. The number of amides is 1. The van der Waals surface area contributed by atoms with Crippen molar-refractivity contribution < 1.29 is 9.53 Å². The van der Waals surface area contributed by atoms with Crippen LogP contribution in [0, 0.1) is 6.92 Å². The Labute approximate surface area is 144 Å². The first-order chi connectivity index (χ1) is 11.7. The highest BCUT2D eigenvalue weighted by atomic mass is 32.1. The maximum Gasteiger partial charge on any atom is 0.258 e. The molecule has 0 saturated heterocycles. The van der Waals surface area contributed by atoms with Gasteiger partial charge in [-0.1, -0.05) is 18.2 Å². The summed E-state index contributed by atoms with van der Waals surface area (Å²) in [5.41, 5.74) is 2.80. The molecule has 0 radical (unpaired) electrons. The van der Waals surface area contributed by atoms with Crippen LogP contribution in [0.25, 0.3) is 10.6 Å². The summed E-state index contributed by atoms with van der Waals surface area (Å²) in [6.45, 7) is 2.32. The minimum Gasteiger partial charge on any atom is -0.484 e. The number of aromatic nitrogens is 2. The van der Waals surface area contributed by atoms with Gasteiger partial charge in [0.25, 0.3) is 5.91 Å². The monoisotopic (exact) mass is 339 g/mol. The molecule has 6 heteroatoms. The van der Waals surface area contributed by atoms with Crippen molar-refractivity contribution in [2.24, 2.45) is 0 Å². The molecule has 3 rings (SSSR count). The molecule has 3 aromatic rings. The van der Waals surface area contributed by atoms with E-state index in [-0.39, 0.29) is 12.5 Å². The summed E-state index contributed by atoms with van der Waals surface area (Å²) in [5, 5.41) is 5.65. The van der Waals surface area contributed by atoms with Crippen LogP contribution >= 0.6 is 11.3 Å². The summed E-state index contributed by atoms with van der Waals surface area (Å²) in [5.74, 6) is 0.550. The minimum atomic E-state index is -0.172. The predicted molar refractivity (Wildman–Crippen MR) is 93.9 cm³/mol. The lowest BCUT2D eigenvalue weighted by Gasteiger charge is -2.08. The van der Waals surface area contributed by atoms with Crippen molar-refractivity contribution in [1.82, 2.24) is 15.3 Å². The largest absolute Gasteiger partial charge is 0.484 e. The van der Waals surface area contributed by atoms with Crippen LogP contribution in [-0.4, -0.2) is 22.5 Å². The van der Waals surface area contributed by atoms with E-state index in [0.717, 1.165) is 27.6 Å². The van der Waals surface area contributed by atoms with E-state index in [0.29, 0.717) is 6.54 Å². The van der Waals surface area contributed by atoms with Crippen molar-refractivity contribution in [3.05, 3.63) is 65.4 Å². The molecular formula is C18H17N3O2S. The summed E-state index contributed by atoms with van der Waals surface area (Å²) in [4.78, 5) is 20.5. The zero-order chi connectivity index (χ0) is 16.8. The predicted octanol–water partition coefficient (Wildman–Crippen LogP) is 3.21. The van der Waals surface area contributed by atoms with Gasteiger partial charge in [-0.3, -0.25) is 9.78 Å². The second kappa shape index (κ2) is 7.70. The van der Waals surface area contributed by atoms with Crippen molar-refractivity contribution in [1.29, 1.82) is 0 Å². The van der Waals surface area contributed by atoms with Crippen LogP contribution in [0.15, 0.2) is 54.2 Å². The van der Waals surface area contributed by atoms with E-state index >= 15 is 0 Å². The molecule has 122 valence electrons. The Morgan fingerprint density at radius 1 is 1.25 bits per heavy atom. The number of aryl methyl sites for hydroxylation is 1. The Kier molecular flexibility index (Phi) is 5.18. The van der Waals surface area contributed by atoms with E-state index < -0.39 is 0 Å². The van der Waals surface area contributed by atoms with Crippen LogP contribution in [0.3, 0.4) is 0 Å². The second-order valence-electron chi connectivity index (χ2n) is 5.22. The number of carbonyl (C=O) groups excluding carboxylic acids is 1. The van der Waals surface area contributed by atoms with Crippen molar-refractivity contribution in [3.8, 4) is 16.3 Å². The van der Waals surface area contributed by atoms with E-state index in [1.807, 2.05) is 48.7 Å². The van der Waals surface area contributed by atoms with Gasteiger partial charge in [-0.25, -0.2) is 4.98 Å². The summed E-state index contributed by atoms with van der Waals surface area (Å²) in [6, 6.07) is 11.5. The quantitative estimate of drug-likeness (QED) is 0.749. The Morgan fingerprint density at radius 2 is 2.12 bits per heavy atom. The van der Waals surface area contributed by atoms with Gasteiger partial charge in [0.05, 0.1) is 12.2 Å². The van der Waals surface area contributed by atoms with Gasteiger partial charge in [0.1, 0.15) is 10.8 Å². The molecule has 0 unspecified atom stereocenters. The lowest BCUT2D eigenvalue weighted by molar-refractivity contribution is -0.123. The molecule has 0 aliphatic rings. The van der Waals surface area contributed by atoms with Crippen molar-refractivity contribution in [3.63, 3.8) is 0 Å². The molecule has 1 aromatic carbocycles. The van der Waals surface area contributed by atoms with Crippen LogP contribution in [-0.2, 0) is 11.3 Å². The Balaban J connectivity index is 1.50. The molecular weight excluding hydrogens is 322 g/mol. The van der Waals surface area contributed by atoms with Crippen molar-refractivity contribution in [2.75, 3.05) is 6.61 Å². The van der Waals surface area contributed by atoms with E-state index in [4.69, 9.17) is 4.74 Å². The summed E-state index contributed by atoms with van der Waals surface area (Å²) < 4.78 is 5.52. The van der Waals surface area contributed by atoms with Gasteiger partial charge in [0.15, 0.2) is 6.61 Å². The number of rotatable bonds is 6. The van der Waals surface area contributed by atoms with Crippen LogP contribution in [0.4, 0.5) is 0 Å². The van der Waals surface area contributed by atoms with Gasteiger partial charge >= 0.3 is 0 Å². The Morgan fingerprint density at radius 3 is 2.92 bits per heavy atom. The molecule has 2 aromatic heterocycles.